The van der Waals surface area contributed by atoms with Crippen LogP contribution in [0.5, 0.6) is 0 Å². The van der Waals surface area contributed by atoms with Gasteiger partial charge < -0.3 is 0 Å². The van der Waals surface area contributed by atoms with Crippen molar-refractivity contribution < 1.29 is 14.5 Å². The van der Waals surface area contributed by atoms with E-state index in [9.17, 15) is 19.7 Å². The van der Waals surface area contributed by atoms with Gasteiger partial charge in [0, 0.05) is 12.1 Å². The first kappa shape index (κ1) is 13.9. The highest BCUT2D eigenvalue weighted by Crippen LogP contribution is 2.35. The van der Waals surface area contributed by atoms with Crippen LogP contribution < -0.4 is 4.90 Å². The van der Waals surface area contributed by atoms with Gasteiger partial charge in [0.2, 0.25) is 0 Å². The molecule has 3 rings (SSSR count). The zero-order valence-corrected chi connectivity index (χ0v) is 12.0. The standard InChI is InChI=1S/C16H12N2O4/c1-9-7-11(18(21)22)8-10(2)14(9)17-15(19)12-5-3-4-6-13(12)16(17)20/h3-8H,1-2H3. The molecule has 0 spiro atoms. The highest BCUT2D eigenvalue weighted by Gasteiger charge is 2.38. The Bertz CT molecular complexity index is 784. The van der Waals surface area contributed by atoms with E-state index in [4.69, 9.17) is 0 Å². The van der Waals surface area contributed by atoms with E-state index in [0.717, 1.165) is 4.90 Å². The molecule has 1 aliphatic rings. The van der Waals surface area contributed by atoms with E-state index in [2.05, 4.69) is 0 Å². The summed E-state index contributed by atoms with van der Waals surface area (Å²) < 4.78 is 0. The third kappa shape index (κ3) is 1.88. The van der Waals surface area contributed by atoms with Gasteiger partial charge in [0.1, 0.15) is 0 Å². The molecule has 0 saturated carbocycles. The van der Waals surface area contributed by atoms with E-state index in [1.165, 1.54) is 12.1 Å². The lowest BCUT2D eigenvalue weighted by Crippen LogP contribution is -2.30. The van der Waals surface area contributed by atoms with Crippen LogP contribution in [0.3, 0.4) is 0 Å². The van der Waals surface area contributed by atoms with Crippen LogP contribution in [0.25, 0.3) is 0 Å². The van der Waals surface area contributed by atoms with Crippen LogP contribution in [0.2, 0.25) is 0 Å². The lowest BCUT2D eigenvalue weighted by molar-refractivity contribution is -0.384. The predicted molar refractivity (Wildman–Crippen MR) is 80.2 cm³/mol. The maximum Gasteiger partial charge on any atom is 0.270 e. The molecule has 0 N–H and O–H groups in total. The highest BCUT2D eigenvalue weighted by atomic mass is 16.6. The van der Waals surface area contributed by atoms with E-state index < -0.39 is 16.7 Å². The summed E-state index contributed by atoms with van der Waals surface area (Å²) in [5, 5.41) is 10.9. The molecule has 0 aromatic heterocycles. The fraction of sp³-hybridized carbons (Fsp3) is 0.125. The second-order valence-corrected chi connectivity index (χ2v) is 5.18. The minimum atomic E-state index is -0.494. The van der Waals surface area contributed by atoms with E-state index in [1.54, 1.807) is 38.1 Å². The molecule has 6 nitrogen and oxygen atoms in total. The summed E-state index contributed by atoms with van der Waals surface area (Å²) in [6.45, 7) is 3.30. The summed E-state index contributed by atoms with van der Waals surface area (Å²) in [5.74, 6) is -0.804. The van der Waals surface area contributed by atoms with Gasteiger partial charge in [-0.1, -0.05) is 12.1 Å². The van der Waals surface area contributed by atoms with E-state index in [1.807, 2.05) is 0 Å². The number of nitro groups is 1. The SMILES string of the molecule is Cc1cc([N+](=O)[O-])cc(C)c1N1C(=O)c2ccccc2C1=O. The number of nitro benzene ring substituents is 1. The average Bonchev–Trinajstić information content (AvgIpc) is 2.72. The van der Waals surface area contributed by atoms with Crippen LogP contribution in [-0.2, 0) is 0 Å². The maximum atomic E-state index is 12.5. The summed E-state index contributed by atoms with van der Waals surface area (Å²) in [6.07, 6.45) is 0. The molecule has 1 aliphatic heterocycles. The number of hydrogen-bond donors (Lipinski definition) is 0. The average molecular weight is 296 g/mol. The van der Waals surface area contributed by atoms with Crippen molar-refractivity contribution in [3.63, 3.8) is 0 Å². The fourth-order valence-corrected chi connectivity index (χ4v) is 2.78. The molecule has 2 aromatic rings. The number of hydrogen-bond acceptors (Lipinski definition) is 4. The maximum absolute atomic E-state index is 12.5. The number of anilines is 1. The van der Waals surface area contributed by atoms with Gasteiger partial charge in [-0.3, -0.25) is 19.7 Å². The van der Waals surface area contributed by atoms with Crippen LogP contribution in [0, 0.1) is 24.0 Å². The molecule has 6 heteroatoms. The lowest BCUT2D eigenvalue weighted by Gasteiger charge is -2.19. The second-order valence-electron chi connectivity index (χ2n) is 5.18. The molecule has 2 amide bonds. The van der Waals surface area contributed by atoms with Gasteiger partial charge in [0.25, 0.3) is 17.5 Å². The number of benzene rings is 2. The van der Waals surface area contributed by atoms with Gasteiger partial charge in [-0.15, -0.1) is 0 Å². The van der Waals surface area contributed by atoms with Crippen LogP contribution in [0.1, 0.15) is 31.8 Å². The molecule has 110 valence electrons. The number of aryl methyl sites for hydroxylation is 2. The summed E-state index contributed by atoms with van der Waals surface area (Å²) >= 11 is 0. The third-order valence-electron chi connectivity index (χ3n) is 3.70. The van der Waals surface area contributed by atoms with Gasteiger partial charge >= 0.3 is 0 Å². The Balaban J connectivity index is 2.16. The molecule has 2 aromatic carbocycles. The second kappa shape index (κ2) is 4.77. The third-order valence-corrected chi connectivity index (χ3v) is 3.70. The number of carbonyl (C=O) groups excluding carboxylic acids is 2. The van der Waals surface area contributed by atoms with Crippen molar-refractivity contribution in [1.29, 1.82) is 0 Å². The molecule has 0 atom stereocenters. The Morgan fingerprint density at radius 2 is 1.41 bits per heavy atom. The van der Waals surface area contributed by atoms with Gasteiger partial charge in [-0.05, 0) is 37.1 Å². The number of rotatable bonds is 2. The lowest BCUT2D eigenvalue weighted by atomic mass is 10.1. The molecule has 1 heterocycles. The van der Waals surface area contributed by atoms with Crippen LogP contribution in [-0.4, -0.2) is 16.7 Å². The quantitative estimate of drug-likeness (QED) is 0.484. The molecular formula is C16H12N2O4. The largest absolute Gasteiger partial charge is 0.270 e. The summed E-state index contributed by atoms with van der Waals surface area (Å²) in [7, 11) is 0. The number of carbonyl (C=O) groups is 2. The fourth-order valence-electron chi connectivity index (χ4n) is 2.78. The number of fused-ring (bicyclic) bond motifs is 1. The van der Waals surface area contributed by atoms with Gasteiger partial charge in [0.15, 0.2) is 0 Å². The Labute approximate surface area is 126 Å². The van der Waals surface area contributed by atoms with E-state index >= 15 is 0 Å². The van der Waals surface area contributed by atoms with Gasteiger partial charge in [-0.2, -0.15) is 0 Å². The van der Waals surface area contributed by atoms with Crippen molar-refractivity contribution >= 4 is 23.2 Å². The molecular weight excluding hydrogens is 284 g/mol. The molecule has 0 fully saturated rings. The monoisotopic (exact) mass is 296 g/mol. The van der Waals surface area contributed by atoms with Gasteiger partial charge in [-0.25, -0.2) is 4.90 Å². The smallest absolute Gasteiger partial charge is 0.268 e. The molecule has 0 aliphatic carbocycles. The topological polar surface area (TPSA) is 80.5 Å². The normalized spacial score (nSPS) is 13.5. The van der Waals surface area contributed by atoms with Crippen molar-refractivity contribution in [1.82, 2.24) is 0 Å². The summed E-state index contributed by atoms with van der Waals surface area (Å²) in [5.41, 5.74) is 2.09. The molecule has 0 saturated heterocycles. The van der Waals surface area contributed by atoms with Crippen LogP contribution in [0.15, 0.2) is 36.4 Å². The van der Waals surface area contributed by atoms with Crippen molar-refractivity contribution in [3.8, 4) is 0 Å². The Morgan fingerprint density at radius 1 is 0.955 bits per heavy atom. The summed E-state index contributed by atoms with van der Waals surface area (Å²) in [6, 6.07) is 9.33. The van der Waals surface area contributed by atoms with Gasteiger partial charge in [0.05, 0.1) is 21.7 Å². The van der Waals surface area contributed by atoms with Crippen molar-refractivity contribution in [2.45, 2.75) is 13.8 Å². The highest BCUT2D eigenvalue weighted by molar-refractivity contribution is 6.34. The van der Waals surface area contributed by atoms with Crippen molar-refractivity contribution in [2.75, 3.05) is 4.90 Å². The van der Waals surface area contributed by atoms with Crippen molar-refractivity contribution in [3.05, 3.63) is 68.8 Å². The van der Waals surface area contributed by atoms with Crippen LogP contribution >= 0.6 is 0 Å². The minimum absolute atomic E-state index is 0.0599. The molecule has 0 radical (unpaired) electrons. The number of nitrogens with zero attached hydrogens (tertiary/aromatic N) is 2. The minimum Gasteiger partial charge on any atom is -0.268 e. The number of amides is 2. The Morgan fingerprint density at radius 3 is 1.82 bits per heavy atom. The molecule has 22 heavy (non-hydrogen) atoms. The summed E-state index contributed by atoms with van der Waals surface area (Å²) in [4.78, 5) is 36.5. The van der Waals surface area contributed by atoms with Crippen molar-refractivity contribution in [2.24, 2.45) is 0 Å². The Hall–Kier alpha value is -3.02. The first-order chi connectivity index (χ1) is 10.4. The Kier molecular flexibility index (Phi) is 3.02. The molecule has 0 bridgehead atoms. The predicted octanol–water partition coefficient (Wildman–Crippen LogP) is 3.01. The van der Waals surface area contributed by atoms with E-state index in [-0.39, 0.29) is 5.69 Å². The van der Waals surface area contributed by atoms with Crippen LogP contribution in [0.4, 0.5) is 11.4 Å². The first-order valence-electron chi connectivity index (χ1n) is 6.65. The zero-order valence-electron chi connectivity index (χ0n) is 12.0. The number of imide groups is 1. The zero-order chi connectivity index (χ0) is 16.0. The first-order valence-corrected chi connectivity index (χ1v) is 6.65. The number of non-ortho nitro benzene ring substituents is 1. The molecule has 0 unspecified atom stereocenters. The van der Waals surface area contributed by atoms with E-state index in [0.29, 0.717) is 27.9 Å².